The summed E-state index contributed by atoms with van der Waals surface area (Å²) >= 11 is 0. The maximum absolute atomic E-state index is 11.3. The van der Waals surface area contributed by atoms with Crippen LogP contribution in [0.2, 0.25) is 0 Å². The summed E-state index contributed by atoms with van der Waals surface area (Å²) in [6.45, 7) is 5.70. The first kappa shape index (κ1) is 12.2. The van der Waals surface area contributed by atoms with Crippen molar-refractivity contribution in [2.45, 2.75) is 26.2 Å². The van der Waals surface area contributed by atoms with Gasteiger partial charge in [-0.25, -0.2) is 5.06 Å². The van der Waals surface area contributed by atoms with Gasteiger partial charge in [-0.05, 0) is 18.8 Å². The number of carbonyl (C=O) groups is 1. The molecule has 0 aromatic rings. The molecule has 13 heavy (non-hydrogen) atoms. The predicted molar refractivity (Wildman–Crippen MR) is 53.0 cm³/mol. The molecular weight excluding hydrogens is 166 g/mol. The van der Waals surface area contributed by atoms with Gasteiger partial charge >= 0.3 is 0 Å². The minimum atomic E-state index is 0.0269. The van der Waals surface area contributed by atoms with Gasteiger partial charge in [-0.15, -0.1) is 6.58 Å². The van der Waals surface area contributed by atoms with Crippen molar-refractivity contribution in [3.63, 3.8) is 0 Å². The first-order valence-electron chi connectivity index (χ1n) is 4.53. The zero-order valence-electron chi connectivity index (χ0n) is 8.75. The van der Waals surface area contributed by atoms with Crippen LogP contribution in [0.3, 0.4) is 0 Å². The van der Waals surface area contributed by atoms with E-state index in [1.165, 1.54) is 12.2 Å². The molecule has 0 radical (unpaired) electrons. The van der Waals surface area contributed by atoms with E-state index in [2.05, 4.69) is 13.5 Å². The number of hydroxylamine groups is 2. The van der Waals surface area contributed by atoms with E-state index in [4.69, 9.17) is 4.84 Å². The maximum Gasteiger partial charge on any atom is 0.246 e. The molecule has 0 bridgehead atoms. The first-order valence-corrected chi connectivity index (χ1v) is 4.53. The summed E-state index contributed by atoms with van der Waals surface area (Å²) in [6, 6.07) is 0. The van der Waals surface area contributed by atoms with E-state index in [0.717, 1.165) is 12.8 Å². The summed E-state index contributed by atoms with van der Waals surface area (Å²) in [6.07, 6.45) is 4.39. The molecule has 0 aliphatic rings. The number of hydrogen-bond acceptors (Lipinski definition) is 2. The van der Waals surface area contributed by atoms with Crippen LogP contribution in [0.25, 0.3) is 0 Å². The second-order valence-electron chi connectivity index (χ2n) is 3.25. The van der Waals surface area contributed by atoms with E-state index in [1.807, 2.05) is 6.08 Å². The number of nitrogens with zero attached hydrogens (tertiary/aromatic N) is 1. The predicted octanol–water partition coefficient (Wildman–Crippen LogP) is 2.00. The Morgan fingerprint density at radius 2 is 2.31 bits per heavy atom. The Hall–Kier alpha value is -0.830. The molecule has 1 amide bonds. The van der Waals surface area contributed by atoms with Gasteiger partial charge in [0.15, 0.2) is 0 Å². The standard InChI is InChI=1S/C10H19NO2/c1-5-6-7-9(2)8-10(12)11(3)13-4/h5,9H,1,6-8H2,2-4H3/t9-/m0/s1. The monoisotopic (exact) mass is 185 g/mol. The quantitative estimate of drug-likeness (QED) is 0.468. The van der Waals surface area contributed by atoms with E-state index < -0.39 is 0 Å². The summed E-state index contributed by atoms with van der Waals surface area (Å²) in [5.74, 6) is 0.419. The molecule has 3 nitrogen and oxygen atoms in total. The molecule has 0 N–H and O–H groups in total. The Morgan fingerprint density at radius 1 is 1.69 bits per heavy atom. The number of hydrogen-bond donors (Lipinski definition) is 0. The van der Waals surface area contributed by atoms with Crippen molar-refractivity contribution in [2.24, 2.45) is 5.92 Å². The van der Waals surface area contributed by atoms with Crippen molar-refractivity contribution in [1.82, 2.24) is 5.06 Å². The van der Waals surface area contributed by atoms with E-state index in [9.17, 15) is 4.79 Å². The van der Waals surface area contributed by atoms with Crippen LogP contribution in [-0.4, -0.2) is 25.1 Å². The van der Waals surface area contributed by atoms with Crippen LogP contribution < -0.4 is 0 Å². The van der Waals surface area contributed by atoms with Crippen molar-refractivity contribution in [2.75, 3.05) is 14.2 Å². The van der Waals surface area contributed by atoms with E-state index in [1.54, 1.807) is 7.05 Å². The third-order valence-electron chi connectivity index (χ3n) is 2.01. The average Bonchev–Trinajstić information content (AvgIpc) is 2.13. The molecule has 0 fully saturated rings. The molecule has 3 heteroatoms. The fraction of sp³-hybridized carbons (Fsp3) is 0.700. The third-order valence-corrected chi connectivity index (χ3v) is 2.01. The molecule has 76 valence electrons. The second kappa shape index (κ2) is 6.66. The molecule has 0 spiro atoms. The molecule has 0 aliphatic heterocycles. The Balaban J connectivity index is 3.70. The lowest BCUT2D eigenvalue weighted by Crippen LogP contribution is -2.26. The zero-order valence-corrected chi connectivity index (χ0v) is 8.75. The van der Waals surface area contributed by atoms with Gasteiger partial charge in [0.1, 0.15) is 0 Å². The largest absolute Gasteiger partial charge is 0.275 e. The number of amides is 1. The fourth-order valence-corrected chi connectivity index (χ4v) is 1.03. The van der Waals surface area contributed by atoms with Gasteiger partial charge in [-0.1, -0.05) is 13.0 Å². The number of rotatable bonds is 6. The van der Waals surface area contributed by atoms with Crippen LogP contribution in [0, 0.1) is 5.92 Å². The normalized spacial score (nSPS) is 12.2. The molecule has 0 saturated carbocycles. The van der Waals surface area contributed by atoms with Crippen molar-refractivity contribution in [3.05, 3.63) is 12.7 Å². The maximum atomic E-state index is 11.3. The topological polar surface area (TPSA) is 29.5 Å². The summed E-state index contributed by atoms with van der Waals surface area (Å²) in [7, 11) is 3.12. The van der Waals surface area contributed by atoms with Gasteiger partial charge in [0.05, 0.1) is 7.11 Å². The lowest BCUT2D eigenvalue weighted by Gasteiger charge is -2.16. The van der Waals surface area contributed by atoms with Crippen LogP contribution >= 0.6 is 0 Å². The van der Waals surface area contributed by atoms with Gasteiger partial charge in [0, 0.05) is 13.5 Å². The lowest BCUT2D eigenvalue weighted by atomic mass is 10.0. The fourth-order valence-electron chi connectivity index (χ4n) is 1.03. The average molecular weight is 185 g/mol. The Kier molecular flexibility index (Phi) is 6.24. The summed E-state index contributed by atoms with van der Waals surface area (Å²) in [5, 5.41) is 1.27. The van der Waals surface area contributed by atoms with Crippen LogP contribution in [0.1, 0.15) is 26.2 Å². The van der Waals surface area contributed by atoms with Crippen LogP contribution in [0.15, 0.2) is 12.7 Å². The minimum Gasteiger partial charge on any atom is -0.275 e. The van der Waals surface area contributed by atoms with Gasteiger partial charge in [0.25, 0.3) is 0 Å². The lowest BCUT2D eigenvalue weighted by molar-refractivity contribution is -0.169. The zero-order chi connectivity index (χ0) is 10.3. The second-order valence-corrected chi connectivity index (χ2v) is 3.25. The Labute approximate surface area is 80.3 Å². The molecule has 0 aromatic carbocycles. The third kappa shape index (κ3) is 5.42. The van der Waals surface area contributed by atoms with E-state index in [0.29, 0.717) is 12.3 Å². The highest BCUT2D eigenvalue weighted by Crippen LogP contribution is 2.11. The number of carbonyl (C=O) groups excluding carboxylic acids is 1. The SMILES string of the molecule is C=CCC[C@H](C)CC(=O)N(C)OC. The Morgan fingerprint density at radius 3 is 2.77 bits per heavy atom. The van der Waals surface area contributed by atoms with Crippen LogP contribution in [-0.2, 0) is 9.63 Å². The molecule has 0 unspecified atom stereocenters. The highest BCUT2D eigenvalue weighted by atomic mass is 16.7. The molecule has 0 aromatic heterocycles. The van der Waals surface area contributed by atoms with Crippen molar-refractivity contribution in [1.29, 1.82) is 0 Å². The smallest absolute Gasteiger partial charge is 0.246 e. The molecule has 1 atom stereocenters. The molecule has 0 aliphatic carbocycles. The molecular formula is C10H19NO2. The molecule has 0 saturated heterocycles. The summed E-state index contributed by atoms with van der Waals surface area (Å²) in [5.41, 5.74) is 0. The van der Waals surface area contributed by atoms with Crippen LogP contribution in [0.5, 0.6) is 0 Å². The molecule has 0 heterocycles. The van der Waals surface area contributed by atoms with Gasteiger partial charge in [-0.2, -0.15) is 0 Å². The van der Waals surface area contributed by atoms with Crippen molar-refractivity contribution < 1.29 is 9.63 Å². The highest BCUT2D eigenvalue weighted by Gasteiger charge is 2.12. The minimum absolute atomic E-state index is 0.0269. The summed E-state index contributed by atoms with van der Waals surface area (Å²) < 4.78 is 0. The van der Waals surface area contributed by atoms with Gasteiger partial charge < -0.3 is 0 Å². The van der Waals surface area contributed by atoms with Crippen molar-refractivity contribution in [3.8, 4) is 0 Å². The van der Waals surface area contributed by atoms with E-state index in [-0.39, 0.29) is 5.91 Å². The van der Waals surface area contributed by atoms with E-state index >= 15 is 0 Å². The van der Waals surface area contributed by atoms with Gasteiger partial charge in [0.2, 0.25) is 5.91 Å². The molecule has 0 rings (SSSR count). The first-order chi connectivity index (χ1) is 6.11. The summed E-state index contributed by atoms with van der Waals surface area (Å²) in [4.78, 5) is 16.1. The highest BCUT2D eigenvalue weighted by molar-refractivity contribution is 5.74. The van der Waals surface area contributed by atoms with Crippen LogP contribution in [0.4, 0.5) is 0 Å². The number of allylic oxidation sites excluding steroid dienone is 1. The van der Waals surface area contributed by atoms with Crippen molar-refractivity contribution >= 4 is 5.91 Å². The van der Waals surface area contributed by atoms with Gasteiger partial charge in [-0.3, -0.25) is 9.63 Å². The Bertz CT molecular complexity index is 168.